The summed E-state index contributed by atoms with van der Waals surface area (Å²) in [7, 11) is 1.69. The van der Waals surface area contributed by atoms with Crippen LogP contribution in [0, 0.1) is 5.41 Å². The largest absolute Gasteiger partial charge is 0.497 e. The van der Waals surface area contributed by atoms with Gasteiger partial charge in [0, 0.05) is 10.5 Å². The summed E-state index contributed by atoms with van der Waals surface area (Å²) < 4.78 is 6.35. The molecule has 1 aromatic carbocycles. The normalized spacial score (nSPS) is 13.4. The van der Waals surface area contributed by atoms with Gasteiger partial charge in [-0.3, -0.25) is 0 Å². The van der Waals surface area contributed by atoms with E-state index in [1.54, 1.807) is 7.11 Å². The van der Waals surface area contributed by atoms with Crippen molar-refractivity contribution in [1.82, 2.24) is 5.32 Å². The highest BCUT2D eigenvalue weighted by molar-refractivity contribution is 9.10. The highest BCUT2D eigenvalue weighted by Gasteiger charge is 2.21. The monoisotopic (exact) mass is 313 g/mol. The lowest BCUT2D eigenvalue weighted by atomic mass is 9.85. The summed E-state index contributed by atoms with van der Waals surface area (Å²) in [5.74, 6) is 0.886. The summed E-state index contributed by atoms with van der Waals surface area (Å²) in [6, 6.07) is 6.56. The van der Waals surface area contributed by atoms with Crippen molar-refractivity contribution in [2.24, 2.45) is 5.41 Å². The molecular weight excluding hydrogens is 290 g/mol. The molecule has 2 nitrogen and oxygen atoms in total. The van der Waals surface area contributed by atoms with Gasteiger partial charge in [-0.25, -0.2) is 0 Å². The van der Waals surface area contributed by atoms with E-state index < -0.39 is 0 Å². The summed E-state index contributed by atoms with van der Waals surface area (Å²) in [6.07, 6.45) is 1.10. The van der Waals surface area contributed by atoms with Crippen LogP contribution in [0.3, 0.4) is 0 Å². The van der Waals surface area contributed by atoms with Crippen molar-refractivity contribution in [3.05, 3.63) is 28.2 Å². The van der Waals surface area contributed by atoms with E-state index in [0.29, 0.717) is 11.5 Å². The minimum Gasteiger partial charge on any atom is -0.497 e. The van der Waals surface area contributed by atoms with Crippen molar-refractivity contribution in [3.8, 4) is 5.75 Å². The third-order valence-electron chi connectivity index (χ3n) is 2.85. The Morgan fingerprint density at radius 3 is 2.44 bits per heavy atom. The second-order valence-corrected chi connectivity index (χ2v) is 6.62. The maximum atomic E-state index is 5.24. The minimum absolute atomic E-state index is 0.298. The molecule has 18 heavy (non-hydrogen) atoms. The maximum Gasteiger partial charge on any atom is 0.120 e. The number of hydrogen-bond donors (Lipinski definition) is 1. The molecule has 1 unspecified atom stereocenters. The Labute approximate surface area is 119 Å². The Kier molecular flexibility index (Phi) is 5.67. The maximum absolute atomic E-state index is 5.24. The molecule has 102 valence electrons. The first-order valence-electron chi connectivity index (χ1n) is 6.44. The third kappa shape index (κ3) is 4.62. The molecule has 0 saturated carbocycles. The van der Waals surface area contributed by atoms with Crippen LogP contribution >= 0.6 is 15.9 Å². The van der Waals surface area contributed by atoms with Crippen LogP contribution in [0.5, 0.6) is 5.75 Å². The van der Waals surface area contributed by atoms with Gasteiger partial charge in [0.25, 0.3) is 0 Å². The Morgan fingerprint density at radius 1 is 1.33 bits per heavy atom. The van der Waals surface area contributed by atoms with Gasteiger partial charge < -0.3 is 10.1 Å². The van der Waals surface area contributed by atoms with Gasteiger partial charge in [-0.05, 0) is 36.1 Å². The fraction of sp³-hybridized carbons (Fsp3) is 0.600. The topological polar surface area (TPSA) is 21.3 Å². The van der Waals surface area contributed by atoms with E-state index in [9.17, 15) is 0 Å². The SMILES string of the molecule is CCNC(CC(C)(C)C)c1ccc(OC)cc1Br. The predicted octanol–water partition coefficient (Wildman–Crippen LogP) is 4.54. The smallest absolute Gasteiger partial charge is 0.120 e. The first kappa shape index (κ1) is 15.5. The van der Waals surface area contributed by atoms with Crippen LogP contribution in [0.15, 0.2) is 22.7 Å². The number of halogens is 1. The molecule has 0 aliphatic heterocycles. The average molecular weight is 314 g/mol. The molecule has 0 fully saturated rings. The number of benzene rings is 1. The Morgan fingerprint density at radius 2 is 2.00 bits per heavy atom. The molecule has 0 aromatic heterocycles. The van der Waals surface area contributed by atoms with Crippen molar-refractivity contribution < 1.29 is 4.74 Å². The van der Waals surface area contributed by atoms with Gasteiger partial charge in [0.2, 0.25) is 0 Å². The molecule has 1 N–H and O–H groups in total. The van der Waals surface area contributed by atoms with Crippen molar-refractivity contribution in [2.75, 3.05) is 13.7 Å². The van der Waals surface area contributed by atoms with Gasteiger partial charge in [0.1, 0.15) is 5.75 Å². The zero-order chi connectivity index (χ0) is 13.8. The molecule has 0 bridgehead atoms. The zero-order valence-electron chi connectivity index (χ0n) is 12.0. The lowest BCUT2D eigenvalue weighted by Gasteiger charge is -2.27. The van der Waals surface area contributed by atoms with Crippen LogP contribution in [0.4, 0.5) is 0 Å². The molecule has 1 rings (SSSR count). The first-order valence-corrected chi connectivity index (χ1v) is 7.23. The molecule has 0 aliphatic carbocycles. The second kappa shape index (κ2) is 6.58. The highest BCUT2D eigenvalue weighted by atomic mass is 79.9. The van der Waals surface area contributed by atoms with E-state index in [0.717, 1.165) is 23.2 Å². The van der Waals surface area contributed by atoms with E-state index >= 15 is 0 Å². The van der Waals surface area contributed by atoms with Crippen LogP contribution in [0.1, 0.15) is 45.7 Å². The summed E-state index contributed by atoms with van der Waals surface area (Å²) in [6.45, 7) is 9.94. The molecule has 3 heteroatoms. The van der Waals surface area contributed by atoms with Crippen molar-refractivity contribution >= 4 is 15.9 Å². The van der Waals surface area contributed by atoms with Crippen LogP contribution in [0.2, 0.25) is 0 Å². The number of ether oxygens (including phenoxy) is 1. The molecule has 0 spiro atoms. The number of rotatable bonds is 5. The van der Waals surface area contributed by atoms with Crippen molar-refractivity contribution in [3.63, 3.8) is 0 Å². The summed E-state index contributed by atoms with van der Waals surface area (Å²) in [4.78, 5) is 0. The number of methoxy groups -OCH3 is 1. The second-order valence-electron chi connectivity index (χ2n) is 5.76. The molecule has 0 aliphatic rings. The van der Waals surface area contributed by atoms with Crippen molar-refractivity contribution in [1.29, 1.82) is 0 Å². The van der Waals surface area contributed by atoms with E-state index in [-0.39, 0.29) is 0 Å². The van der Waals surface area contributed by atoms with Gasteiger partial charge in [-0.15, -0.1) is 0 Å². The van der Waals surface area contributed by atoms with Gasteiger partial charge in [-0.2, -0.15) is 0 Å². The number of nitrogens with one attached hydrogen (secondary N) is 1. The molecule has 0 heterocycles. The van der Waals surface area contributed by atoms with Crippen LogP contribution < -0.4 is 10.1 Å². The molecular formula is C15H24BrNO. The predicted molar refractivity (Wildman–Crippen MR) is 81.2 cm³/mol. The fourth-order valence-corrected chi connectivity index (χ4v) is 2.70. The minimum atomic E-state index is 0.298. The van der Waals surface area contributed by atoms with E-state index in [4.69, 9.17) is 4.74 Å². The molecule has 0 radical (unpaired) electrons. The average Bonchev–Trinajstić information content (AvgIpc) is 2.26. The van der Waals surface area contributed by atoms with Gasteiger partial charge in [-0.1, -0.05) is 49.7 Å². The Balaban J connectivity index is 2.98. The van der Waals surface area contributed by atoms with Gasteiger partial charge in [0.15, 0.2) is 0 Å². The van der Waals surface area contributed by atoms with Gasteiger partial charge in [0.05, 0.1) is 7.11 Å². The first-order chi connectivity index (χ1) is 8.37. The van der Waals surface area contributed by atoms with E-state index in [1.165, 1.54) is 5.56 Å². The fourth-order valence-electron chi connectivity index (χ4n) is 2.07. The Bertz CT molecular complexity index is 385. The molecule has 1 aromatic rings. The molecule has 1 atom stereocenters. The van der Waals surface area contributed by atoms with Crippen LogP contribution in [-0.4, -0.2) is 13.7 Å². The quantitative estimate of drug-likeness (QED) is 0.861. The third-order valence-corrected chi connectivity index (χ3v) is 3.54. The van der Waals surface area contributed by atoms with Crippen LogP contribution in [0.25, 0.3) is 0 Å². The van der Waals surface area contributed by atoms with Crippen molar-refractivity contribution in [2.45, 2.75) is 40.2 Å². The summed E-state index contributed by atoms with van der Waals surface area (Å²) >= 11 is 3.65. The van der Waals surface area contributed by atoms with Gasteiger partial charge >= 0.3 is 0 Å². The Hall–Kier alpha value is -0.540. The van der Waals surface area contributed by atoms with E-state index in [2.05, 4.69) is 55.0 Å². The van der Waals surface area contributed by atoms with E-state index in [1.807, 2.05) is 12.1 Å². The highest BCUT2D eigenvalue weighted by Crippen LogP contribution is 2.34. The lowest BCUT2D eigenvalue weighted by molar-refractivity contribution is 0.313. The van der Waals surface area contributed by atoms with Crippen LogP contribution in [-0.2, 0) is 0 Å². The lowest BCUT2D eigenvalue weighted by Crippen LogP contribution is -2.25. The molecule has 0 amide bonds. The summed E-state index contributed by atoms with van der Waals surface area (Å²) in [5.41, 5.74) is 1.60. The zero-order valence-corrected chi connectivity index (χ0v) is 13.6. The number of hydrogen-bond acceptors (Lipinski definition) is 2. The summed E-state index contributed by atoms with van der Waals surface area (Å²) in [5, 5.41) is 3.56. The molecule has 0 saturated heterocycles. The standard InChI is InChI=1S/C15H24BrNO/c1-6-17-14(10-15(2,3)4)12-8-7-11(18-5)9-13(12)16/h7-9,14,17H,6,10H2,1-5H3.